The molecule has 5 nitrogen and oxygen atoms in total. The standard InChI is InChI=1S/C15H12ClFN2O3/c1-8(20)18-10-4-2-3-9(5-10)15(22)19-13-6-11(16)14(21)7-12(13)17/h2-7,21H,1H3,(H,18,20)(H,19,22). The molecule has 2 aromatic rings. The number of hydrogen-bond donors (Lipinski definition) is 3. The van der Waals surface area contributed by atoms with Crippen molar-refractivity contribution in [3.05, 3.63) is 52.8 Å². The van der Waals surface area contributed by atoms with Crippen LogP contribution in [0.1, 0.15) is 17.3 Å². The summed E-state index contributed by atoms with van der Waals surface area (Å²) < 4.78 is 13.7. The Bertz CT molecular complexity index is 750. The fraction of sp³-hybridized carbons (Fsp3) is 0.0667. The predicted molar refractivity (Wildman–Crippen MR) is 81.8 cm³/mol. The Balaban J connectivity index is 2.22. The van der Waals surface area contributed by atoms with Gasteiger partial charge in [0.1, 0.15) is 5.75 Å². The lowest BCUT2D eigenvalue weighted by molar-refractivity contribution is -0.114. The molecule has 0 fully saturated rings. The lowest BCUT2D eigenvalue weighted by atomic mass is 10.1. The topological polar surface area (TPSA) is 78.4 Å². The van der Waals surface area contributed by atoms with E-state index in [2.05, 4.69) is 10.6 Å². The van der Waals surface area contributed by atoms with E-state index in [1.54, 1.807) is 12.1 Å². The Morgan fingerprint density at radius 1 is 1.18 bits per heavy atom. The van der Waals surface area contributed by atoms with Gasteiger partial charge < -0.3 is 15.7 Å². The fourth-order valence-corrected chi connectivity index (χ4v) is 1.93. The predicted octanol–water partition coefficient (Wildman–Crippen LogP) is 3.40. The van der Waals surface area contributed by atoms with Gasteiger partial charge in [-0.05, 0) is 24.3 Å². The Kier molecular flexibility index (Phi) is 4.62. The molecule has 7 heteroatoms. The number of carbonyl (C=O) groups excluding carboxylic acids is 2. The molecular weight excluding hydrogens is 311 g/mol. The van der Waals surface area contributed by atoms with Gasteiger partial charge in [-0.2, -0.15) is 0 Å². The zero-order chi connectivity index (χ0) is 16.3. The molecule has 114 valence electrons. The van der Waals surface area contributed by atoms with Gasteiger partial charge in [-0.15, -0.1) is 0 Å². The molecule has 2 rings (SSSR count). The molecule has 0 bridgehead atoms. The van der Waals surface area contributed by atoms with Crippen molar-refractivity contribution >= 4 is 34.8 Å². The second kappa shape index (κ2) is 6.44. The summed E-state index contributed by atoms with van der Waals surface area (Å²) in [6.45, 7) is 1.35. The molecule has 0 aliphatic rings. The number of rotatable bonds is 3. The van der Waals surface area contributed by atoms with Crippen LogP contribution in [0.4, 0.5) is 15.8 Å². The molecule has 2 aromatic carbocycles. The van der Waals surface area contributed by atoms with Crippen molar-refractivity contribution in [2.45, 2.75) is 6.92 Å². The largest absolute Gasteiger partial charge is 0.506 e. The van der Waals surface area contributed by atoms with Crippen LogP contribution in [0.25, 0.3) is 0 Å². The van der Waals surface area contributed by atoms with E-state index in [1.165, 1.54) is 19.1 Å². The number of anilines is 2. The Labute approximate surface area is 130 Å². The Hall–Kier alpha value is -2.60. The number of nitrogens with one attached hydrogen (secondary N) is 2. The van der Waals surface area contributed by atoms with Crippen LogP contribution in [0.5, 0.6) is 5.75 Å². The number of aromatic hydroxyl groups is 1. The molecule has 0 unspecified atom stereocenters. The van der Waals surface area contributed by atoms with E-state index in [4.69, 9.17) is 11.6 Å². The van der Waals surface area contributed by atoms with Crippen molar-refractivity contribution in [2.24, 2.45) is 0 Å². The molecule has 0 aliphatic carbocycles. The smallest absolute Gasteiger partial charge is 0.255 e. The number of benzene rings is 2. The second-order valence-corrected chi connectivity index (χ2v) is 4.91. The zero-order valence-corrected chi connectivity index (χ0v) is 12.2. The Morgan fingerprint density at radius 3 is 2.59 bits per heavy atom. The van der Waals surface area contributed by atoms with Crippen molar-refractivity contribution in [3.8, 4) is 5.75 Å². The first kappa shape index (κ1) is 15.8. The van der Waals surface area contributed by atoms with Crippen molar-refractivity contribution in [2.75, 3.05) is 10.6 Å². The number of carbonyl (C=O) groups is 2. The molecule has 2 amide bonds. The normalized spacial score (nSPS) is 10.1. The van der Waals surface area contributed by atoms with Crippen LogP contribution in [0.3, 0.4) is 0 Å². The third-order valence-corrected chi connectivity index (χ3v) is 3.03. The molecule has 0 atom stereocenters. The minimum absolute atomic E-state index is 0.0799. The quantitative estimate of drug-likeness (QED) is 0.758. The molecule has 0 heterocycles. The third-order valence-electron chi connectivity index (χ3n) is 2.73. The van der Waals surface area contributed by atoms with Gasteiger partial charge >= 0.3 is 0 Å². The van der Waals surface area contributed by atoms with Crippen molar-refractivity contribution < 1.29 is 19.1 Å². The average molecular weight is 323 g/mol. The summed E-state index contributed by atoms with van der Waals surface area (Å²) in [5.74, 6) is -2.07. The van der Waals surface area contributed by atoms with Crippen LogP contribution in [-0.4, -0.2) is 16.9 Å². The van der Waals surface area contributed by atoms with Crippen LogP contribution >= 0.6 is 11.6 Å². The van der Waals surface area contributed by atoms with E-state index < -0.39 is 17.5 Å². The Morgan fingerprint density at radius 2 is 1.91 bits per heavy atom. The fourth-order valence-electron chi connectivity index (χ4n) is 1.77. The first-order chi connectivity index (χ1) is 10.4. The van der Waals surface area contributed by atoms with Gasteiger partial charge in [-0.3, -0.25) is 9.59 Å². The van der Waals surface area contributed by atoms with E-state index >= 15 is 0 Å². The molecule has 0 radical (unpaired) electrons. The molecule has 0 aromatic heterocycles. The maximum Gasteiger partial charge on any atom is 0.255 e. The lowest BCUT2D eigenvalue weighted by Gasteiger charge is -2.09. The summed E-state index contributed by atoms with van der Waals surface area (Å²) >= 11 is 5.68. The van der Waals surface area contributed by atoms with Gasteiger partial charge in [0.05, 0.1) is 10.7 Å². The second-order valence-electron chi connectivity index (χ2n) is 4.50. The van der Waals surface area contributed by atoms with Gasteiger partial charge in [0.2, 0.25) is 5.91 Å². The van der Waals surface area contributed by atoms with E-state index in [0.29, 0.717) is 5.69 Å². The van der Waals surface area contributed by atoms with Crippen molar-refractivity contribution in [3.63, 3.8) is 0 Å². The van der Waals surface area contributed by atoms with Gasteiger partial charge in [0.25, 0.3) is 5.91 Å². The molecule has 22 heavy (non-hydrogen) atoms. The van der Waals surface area contributed by atoms with Crippen LogP contribution in [-0.2, 0) is 4.79 Å². The lowest BCUT2D eigenvalue weighted by Crippen LogP contribution is -2.14. The molecule has 0 spiro atoms. The van der Waals surface area contributed by atoms with Crippen LogP contribution in [0.2, 0.25) is 5.02 Å². The minimum atomic E-state index is -0.812. The summed E-state index contributed by atoms with van der Waals surface area (Å²) in [7, 11) is 0. The van der Waals surface area contributed by atoms with Gasteiger partial charge in [-0.1, -0.05) is 17.7 Å². The van der Waals surface area contributed by atoms with E-state index in [9.17, 15) is 19.1 Å². The monoisotopic (exact) mass is 322 g/mol. The first-order valence-electron chi connectivity index (χ1n) is 6.24. The summed E-state index contributed by atoms with van der Waals surface area (Å²) in [5, 5.41) is 14.1. The molecule has 3 N–H and O–H groups in total. The summed E-state index contributed by atoms with van der Waals surface area (Å²) in [5.41, 5.74) is 0.525. The maximum absolute atomic E-state index is 13.7. The highest BCUT2D eigenvalue weighted by Gasteiger charge is 2.13. The number of phenolic OH excluding ortho intramolecular Hbond substituents is 1. The number of amides is 2. The summed E-state index contributed by atoms with van der Waals surface area (Å²) in [6, 6.07) is 8.10. The first-order valence-corrected chi connectivity index (χ1v) is 6.61. The van der Waals surface area contributed by atoms with Gasteiger partial charge in [0.15, 0.2) is 5.82 Å². The SMILES string of the molecule is CC(=O)Nc1cccc(C(=O)Nc2cc(Cl)c(O)cc2F)c1. The van der Waals surface area contributed by atoms with Gasteiger partial charge in [-0.25, -0.2) is 4.39 Å². The zero-order valence-electron chi connectivity index (χ0n) is 11.5. The van der Waals surface area contributed by atoms with Crippen LogP contribution in [0.15, 0.2) is 36.4 Å². The molecule has 0 saturated heterocycles. The average Bonchev–Trinajstić information content (AvgIpc) is 2.44. The van der Waals surface area contributed by atoms with E-state index in [0.717, 1.165) is 12.1 Å². The number of phenols is 1. The van der Waals surface area contributed by atoms with Crippen molar-refractivity contribution in [1.29, 1.82) is 0 Å². The highest BCUT2D eigenvalue weighted by molar-refractivity contribution is 6.32. The van der Waals surface area contributed by atoms with Gasteiger partial charge in [0, 0.05) is 24.2 Å². The molecular formula is C15H12ClFN2O3. The van der Waals surface area contributed by atoms with E-state index in [-0.39, 0.29) is 22.2 Å². The molecule has 0 aliphatic heterocycles. The minimum Gasteiger partial charge on any atom is -0.506 e. The van der Waals surface area contributed by atoms with Crippen molar-refractivity contribution in [1.82, 2.24) is 0 Å². The molecule has 0 saturated carbocycles. The highest BCUT2D eigenvalue weighted by Crippen LogP contribution is 2.29. The maximum atomic E-state index is 13.7. The summed E-state index contributed by atoms with van der Waals surface area (Å²) in [4.78, 5) is 23.1. The van der Waals surface area contributed by atoms with Crippen LogP contribution < -0.4 is 10.6 Å². The van der Waals surface area contributed by atoms with Crippen LogP contribution in [0, 0.1) is 5.82 Å². The third kappa shape index (κ3) is 3.73. The number of hydrogen-bond acceptors (Lipinski definition) is 3. The number of halogens is 2. The highest BCUT2D eigenvalue weighted by atomic mass is 35.5. The van der Waals surface area contributed by atoms with E-state index in [1.807, 2.05) is 0 Å². The summed E-state index contributed by atoms with van der Waals surface area (Å²) in [6.07, 6.45) is 0.